The van der Waals surface area contributed by atoms with Gasteiger partial charge in [-0.1, -0.05) is 17.4 Å². The van der Waals surface area contributed by atoms with Crippen LogP contribution < -0.4 is 21.1 Å². The van der Waals surface area contributed by atoms with Crippen LogP contribution in [0.15, 0.2) is 29.3 Å². The molecule has 2 N–H and O–H groups in total. The van der Waals surface area contributed by atoms with Gasteiger partial charge in [0.2, 0.25) is 11.8 Å². The van der Waals surface area contributed by atoms with E-state index in [0.29, 0.717) is 33.3 Å². The third-order valence-electron chi connectivity index (χ3n) is 5.64. The first kappa shape index (κ1) is 23.8. The molecular weight excluding hydrogens is 459 g/mol. The second-order valence-corrected chi connectivity index (χ2v) is 9.76. The summed E-state index contributed by atoms with van der Waals surface area (Å²) < 4.78 is 15.3. The molecule has 1 aliphatic rings. The summed E-state index contributed by atoms with van der Waals surface area (Å²) in [5, 5.41) is 6.19. The fourth-order valence-corrected chi connectivity index (χ4v) is 4.88. The number of halogens is 1. The summed E-state index contributed by atoms with van der Waals surface area (Å²) in [5.74, 6) is -0.994. The van der Waals surface area contributed by atoms with Crippen LogP contribution in [0.5, 0.6) is 0 Å². The molecule has 0 aliphatic carbocycles. The Labute approximate surface area is 200 Å². The van der Waals surface area contributed by atoms with Gasteiger partial charge in [-0.25, -0.2) is 9.37 Å². The SMILES string of the molecule is Cc1ccc(NC(=O)Cn2cnc3nc(N4CCC[C@@H](C(=O)NC(C)C)C4)sc3c2=O)cc1F. The van der Waals surface area contributed by atoms with Crippen LogP contribution in [0.2, 0.25) is 0 Å². The number of carbonyl (C=O) groups excluding carboxylic acids is 2. The van der Waals surface area contributed by atoms with Crippen molar-refractivity contribution >= 4 is 44.3 Å². The van der Waals surface area contributed by atoms with Gasteiger partial charge < -0.3 is 15.5 Å². The van der Waals surface area contributed by atoms with E-state index in [9.17, 15) is 18.8 Å². The zero-order chi connectivity index (χ0) is 24.4. The summed E-state index contributed by atoms with van der Waals surface area (Å²) >= 11 is 1.21. The molecule has 9 nitrogen and oxygen atoms in total. The molecule has 0 saturated carbocycles. The van der Waals surface area contributed by atoms with E-state index in [1.165, 1.54) is 28.3 Å². The third kappa shape index (κ3) is 5.24. The zero-order valence-corrected chi connectivity index (χ0v) is 20.1. The van der Waals surface area contributed by atoms with Gasteiger partial charge in [0.1, 0.15) is 23.4 Å². The van der Waals surface area contributed by atoms with Gasteiger partial charge >= 0.3 is 0 Å². The van der Waals surface area contributed by atoms with Gasteiger partial charge in [-0.05, 0) is 51.3 Å². The lowest BCUT2D eigenvalue weighted by Crippen LogP contribution is -2.44. The van der Waals surface area contributed by atoms with Crippen molar-refractivity contribution in [2.45, 2.75) is 46.2 Å². The monoisotopic (exact) mass is 486 g/mol. The Morgan fingerprint density at radius 3 is 2.85 bits per heavy atom. The van der Waals surface area contributed by atoms with Gasteiger partial charge in [-0.15, -0.1) is 0 Å². The molecule has 2 amide bonds. The average Bonchev–Trinajstić information content (AvgIpc) is 3.23. The van der Waals surface area contributed by atoms with E-state index in [-0.39, 0.29) is 30.0 Å². The maximum atomic E-state index is 13.7. The predicted molar refractivity (Wildman–Crippen MR) is 130 cm³/mol. The van der Waals surface area contributed by atoms with Crippen LogP contribution in [0.4, 0.5) is 15.2 Å². The fraction of sp³-hybridized carbons (Fsp3) is 0.435. The largest absolute Gasteiger partial charge is 0.354 e. The van der Waals surface area contributed by atoms with Gasteiger partial charge in [0, 0.05) is 24.8 Å². The fourth-order valence-electron chi connectivity index (χ4n) is 3.88. The van der Waals surface area contributed by atoms with Gasteiger partial charge in [-0.2, -0.15) is 4.98 Å². The van der Waals surface area contributed by atoms with Crippen LogP contribution in [0.25, 0.3) is 10.3 Å². The molecular formula is C23H27FN6O3S. The number of benzene rings is 1. The number of fused-ring (bicyclic) bond motifs is 1. The van der Waals surface area contributed by atoms with Crippen LogP contribution >= 0.6 is 11.3 Å². The first-order chi connectivity index (χ1) is 16.2. The second-order valence-electron chi connectivity index (χ2n) is 8.79. The topological polar surface area (TPSA) is 109 Å². The van der Waals surface area contributed by atoms with Crippen molar-refractivity contribution in [3.63, 3.8) is 0 Å². The van der Waals surface area contributed by atoms with Crippen LogP contribution in [0.3, 0.4) is 0 Å². The lowest BCUT2D eigenvalue weighted by atomic mass is 9.97. The van der Waals surface area contributed by atoms with Crippen LogP contribution in [-0.4, -0.2) is 45.5 Å². The van der Waals surface area contributed by atoms with E-state index in [1.54, 1.807) is 19.1 Å². The quantitative estimate of drug-likeness (QED) is 0.555. The second kappa shape index (κ2) is 9.88. The maximum absolute atomic E-state index is 13.7. The number of carbonyl (C=O) groups is 2. The lowest BCUT2D eigenvalue weighted by Gasteiger charge is -2.32. The molecule has 3 aromatic rings. The number of thiazole rings is 1. The molecule has 34 heavy (non-hydrogen) atoms. The van der Waals surface area contributed by atoms with Crippen molar-refractivity contribution in [2.24, 2.45) is 5.92 Å². The highest BCUT2D eigenvalue weighted by Crippen LogP contribution is 2.29. The van der Waals surface area contributed by atoms with Crippen molar-refractivity contribution < 1.29 is 14.0 Å². The maximum Gasteiger partial charge on any atom is 0.273 e. The minimum atomic E-state index is -0.466. The van der Waals surface area contributed by atoms with Crippen LogP contribution in [0.1, 0.15) is 32.3 Å². The summed E-state index contributed by atoms with van der Waals surface area (Å²) in [4.78, 5) is 48.6. The molecule has 4 rings (SSSR count). The van der Waals surface area contributed by atoms with Gasteiger partial charge in [0.25, 0.3) is 5.56 Å². The number of amides is 2. The highest BCUT2D eigenvalue weighted by molar-refractivity contribution is 7.22. The van der Waals surface area contributed by atoms with E-state index in [2.05, 4.69) is 20.6 Å². The first-order valence-corrected chi connectivity index (χ1v) is 12.0. The molecule has 2 aromatic heterocycles. The molecule has 180 valence electrons. The Hall–Kier alpha value is -3.34. The molecule has 1 aromatic carbocycles. The van der Waals surface area contributed by atoms with E-state index in [4.69, 9.17) is 0 Å². The number of anilines is 2. The highest BCUT2D eigenvalue weighted by atomic mass is 32.1. The number of aromatic nitrogens is 3. The molecule has 0 bridgehead atoms. The van der Waals surface area contributed by atoms with Gasteiger partial charge in [0.15, 0.2) is 10.8 Å². The first-order valence-electron chi connectivity index (χ1n) is 11.2. The number of nitrogens with zero attached hydrogens (tertiary/aromatic N) is 4. The number of rotatable bonds is 6. The number of nitrogens with one attached hydrogen (secondary N) is 2. The minimum absolute atomic E-state index is 0.0285. The Balaban J connectivity index is 1.49. The smallest absolute Gasteiger partial charge is 0.273 e. The third-order valence-corrected chi connectivity index (χ3v) is 6.73. The van der Waals surface area contributed by atoms with Crippen molar-refractivity contribution in [3.8, 4) is 0 Å². The summed E-state index contributed by atoms with van der Waals surface area (Å²) in [6.07, 6.45) is 2.95. The van der Waals surface area contributed by atoms with E-state index >= 15 is 0 Å². The summed E-state index contributed by atoms with van der Waals surface area (Å²) in [6, 6.07) is 4.49. The zero-order valence-electron chi connectivity index (χ0n) is 19.3. The van der Waals surface area contributed by atoms with Crippen molar-refractivity contribution in [1.29, 1.82) is 0 Å². The number of hydrogen-bond donors (Lipinski definition) is 2. The van der Waals surface area contributed by atoms with Gasteiger partial charge in [0.05, 0.1) is 5.92 Å². The van der Waals surface area contributed by atoms with E-state index < -0.39 is 11.7 Å². The highest BCUT2D eigenvalue weighted by Gasteiger charge is 2.28. The number of aryl methyl sites for hydroxylation is 1. The van der Waals surface area contributed by atoms with Crippen LogP contribution in [-0.2, 0) is 16.1 Å². The summed E-state index contributed by atoms with van der Waals surface area (Å²) in [5.41, 5.74) is 0.739. The predicted octanol–water partition coefficient (Wildman–Crippen LogP) is 2.68. The Morgan fingerprint density at radius 1 is 1.32 bits per heavy atom. The van der Waals surface area contributed by atoms with Gasteiger partial charge in [-0.3, -0.25) is 19.0 Å². The molecule has 1 aliphatic heterocycles. The Morgan fingerprint density at radius 2 is 2.12 bits per heavy atom. The van der Waals surface area contributed by atoms with Crippen molar-refractivity contribution in [1.82, 2.24) is 19.9 Å². The summed E-state index contributed by atoms with van der Waals surface area (Å²) in [6.45, 7) is 6.52. The Bertz CT molecular complexity index is 1290. The molecule has 0 radical (unpaired) electrons. The summed E-state index contributed by atoms with van der Waals surface area (Å²) in [7, 11) is 0. The number of piperidine rings is 1. The molecule has 1 atom stereocenters. The van der Waals surface area contributed by atoms with Crippen LogP contribution in [0, 0.1) is 18.7 Å². The van der Waals surface area contributed by atoms with E-state index in [0.717, 1.165) is 19.4 Å². The standard InChI is InChI=1S/C23H27FN6O3S/c1-13(2)26-21(32)15-5-4-8-29(10-15)23-28-20-19(34-23)22(33)30(12-25-20)11-18(31)27-16-7-6-14(3)17(24)9-16/h6-7,9,12-13,15H,4-5,8,10-11H2,1-3H3,(H,26,32)(H,27,31)/t15-/m1/s1. The number of hydrogen-bond acceptors (Lipinski definition) is 7. The average molecular weight is 487 g/mol. The van der Waals surface area contributed by atoms with Crippen molar-refractivity contribution in [2.75, 3.05) is 23.3 Å². The molecule has 3 heterocycles. The molecule has 0 spiro atoms. The lowest BCUT2D eigenvalue weighted by molar-refractivity contribution is -0.125. The molecule has 0 unspecified atom stereocenters. The molecule has 1 saturated heterocycles. The normalized spacial score (nSPS) is 16.1. The molecule has 1 fully saturated rings. The molecule has 11 heteroatoms. The Kier molecular flexibility index (Phi) is 6.92. The van der Waals surface area contributed by atoms with E-state index in [1.807, 2.05) is 18.7 Å². The van der Waals surface area contributed by atoms with Crippen molar-refractivity contribution in [3.05, 3.63) is 46.3 Å². The minimum Gasteiger partial charge on any atom is -0.354 e.